The first-order valence-corrected chi connectivity index (χ1v) is 2.82. The molecule has 3 heteroatoms. The Hall–Kier alpha value is -0.500. The van der Waals surface area contributed by atoms with E-state index in [0.29, 0.717) is 11.6 Å². The van der Waals surface area contributed by atoms with Crippen molar-refractivity contribution in [1.29, 1.82) is 0 Å². The summed E-state index contributed by atoms with van der Waals surface area (Å²) in [4.78, 5) is 10.4. The number of hydrogen-bond donors (Lipinski definition) is 1. The molecule has 0 saturated heterocycles. The number of hydrogen-bond acceptors (Lipinski definition) is 1. The summed E-state index contributed by atoms with van der Waals surface area (Å²) < 4.78 is 0. The smallest absolute Gasteiger partial charge is 0.225 e. The van der Waals surface area contributed by atoms with Crippen LogP contribution in [-0.2, 0) is 4.79 Å². The third kappa shape index (κ3) is 1.23. The van der Waals surface area contributed by atoms with Gasteiger partial charge in [-0.15, -0.1) is 0 Å². The molecule has 0 unspecified atom stereocenters. The van der Waals surface area contributed by atoms with Crippen molar-refractivity contribution in [2.75, 3.05) is 0 Å². The van der Waals surface area contributed by atoms with E-state index in [-0.39, 0.29) is 5.91 Å². The van der Waals surface area contributed by atoms with Gasteiger partial charge in [0, 0.05) is 6.42 Å². The molecule has 44 valence electrons. The lowest BCUT2D eigenvalue weighted by Gasteiger charge is -2.06. The molecule has 0 aromatic carbocycles. The molecule has 0 spiro atoms. The third-order valence-corrected chi connectivity index (χ3v) is 1.20. The summed E-state index contributed by atoms with van der Waals surface area (Å²) in [7, 11) is 0. The van der Waals surface area contributed by atoms with Gasteiger partial charge in [0.25, 0.3) is 0 Å². The molecule has 0 aliphatic carbocycles. The second kappa shape index (κ2) is 2.18. The quantitative estimate of drug-likeness (QED) is 0.488. The maximum atomic E-state index is 10.4. The average Bonchev–Trinajstić information content (AvgIpc) is 1.64. The van der Waals surface area contributed by atoms with E-state index >= 15 is 0 Å². The van der Waals surface area contributed by atoms with E-state index < -0.39 is 0 Å². The number of halogens is 1. The molecule has 1 rings (SSSR count). The molecule has 2 nitrogen and oxygen atoms in total. The zero-order chi connectivity index (χ0) is 5.98. The van der Waals surface area contributed by atoms with Gasteiger partial charge in [0.2, 0.25) is 5.91 Å². The number of amides is 1. The van der Waals surface area contributed by atoms with Crippen LogP contribution in [0.1, 0.15) is 12.8 Å². The van der Waals surface area contributed by atoms with Crippen LogP contribution in [-0.4, -0.2) is 5.91 Å². The monoisotopic (exact) mass is 131 g/mol. The molecule has 0 bridgehead atoms. The van der Waals surface area contributed by atoms with E-state index in [1.807, 2.05) is 0 Å². The first-order chi connectivity index (χ1) is 3.79. The first-order valence-electron chi connectivity index (χ1n) is 2.44. The Morgan fingerprint density at radius 3 is 2.88 bits per heavy atom. The Bertz CT molecular complexity index is 141. The summed E-state index contributed by atoms with van der Waals surface area (Å²) in [6.45, 7) is 0. The Morgan fingerprint density at radius 2 is 2.50 bits per heavy atom. The van der Waals surface area contributed by atoms with Crippen molar-refractivity contribution in [3.63, 3.8) is 0 Å². The molecule has 0 fully saturated rings. The molecule has 8 heavy (non-hydrogen) atoms. The number of allylic oxidation sites excluding steroid dienone is 1. The normalized spacial score (nSPS) is 19.6. The summed E-state index contributed by atoms with van der Waals surface area (Å²) in [5.41, 5.74) is 0. The Kier molecular flexibility index (Phi) is 1.53. The van der Waals surface area contributed by atoms with Gasteiger partial charge in [-0.05, 0) is 12.5 Å². The van der Waals surface area contributed by atoms with Crippen molar-refractivity contribution >= 4 is 17.5 Å². The van der Waals surface area contributed by atoms with Gasteiger partial charge in [-0.3, -0.25) is 4.79 Å². The van der Waals surface area contributed by atoms with E-state index in [4.69, 9.17) is 11.6 Å². The molecule has 1 heterocycles. The molecular formula is C5H6ClNO. The summed E-state index contributed by atoms with van der Waals surface area (Å²) in [5, 5.41) is 2.93. The van der Waals surface area contributed by atoms with E-state index in [9.17, 15) is 4.79 Å². The lowest BCUT2D eigenvalue weighted by molar-refractivity contribution is -0.120. The SMILES string of the molecule is O=C1CCC=C(Cl)N1. The number of carbonyl (C=O) groups excluding carboxylic acids is 1. The second-order valence-corrected chi connectivity index (χ2v) is 2.05. The highest BCUT2D eigenvalue weighted by Gasteiger charge is 2.05. The number of carbonyl (C=O) groups is 1. The molecule has 1 aliphatic heterocycles. The van der Waals surface area contributed by atoms with Gasteiger partial charge in [-0.25, -0.2) is 0 Å². The van der Waals surface area contributed by atoms with Crippen LogP contribution in [0.15, 0.2) is 11.2 Å². The minimum atomic E-state index is 0.0116. The molecule has 1 N–H and O–H groups in total. The predicted octanol–water partition coefficient (Wildman–Crippen LogP) is 0.977. The molecule has 0 aromatic rings. The van der Waals surface area contributed by atoms with Gasteiger partial charge in [-0.2, -0.15) is 0 Å². The van der Waals surface area contributed by atoms with Gasteiger partial charge >= 0.3 is 0 Å². The van der Waals surface area contributed by atoms with Crippen molar-refractivity contribution in [3.05, 3.63) is 11.2 Å². The standard InChI is InChI=1S/C5H6ClNO/c6-4-2-1-3-5(8)7-4/h2H,1,3H2,(H,7,8). The van der Waals surface area contributed by atoms with E-state index in [1.54, 1.807) is 6.08 Å². The fourth-order valence-corrected chi connectivity index (χ4v) is 0.791. The summed E-state index contributed by atoms with van der Waals surface area (Å²) in [6.07, 6.45) is 3.13. The Morgan fingerprint density at radius 1 is 1.75 bits per heavy atom. The zero-order valence-corrected chi connectivity index (χ0v) is 5.03. The van der Waals surface area contributed by atoms with E-state index in [0.717, 1.165) is 6.42 Å². The van der Waals surface area contributed by atoms with Gasteiger partial charge in [0.1, 0.15) is 5.16 Å². The minimum absolute atomic E-state index is 0.0116. The number of nitrogens with one attached hydrogen (secondary N) is 1. The van der Waals surface area contributed by atoms with Crippen LogP contribution in [0.5, 0.6) is 0 Å². The van der Waals surface area contributed by atoms with Crippen LogP contribution in [0.3, 0.4) is 0 Å². The van der Waals surface area contributed by atoms with E-state index in [1.165, 1.54) is 0 Å². The largest absolute Gasteiger partial charge is 0.317 e. The highest BCUT2D eigenvalue weighted by atomic mass is 35.5. The molecule has 0 saturated carbocycles. The lowest BCUT2D eigenvalue weighted by atomic mass is 10.2. The predicted molar refractivity (Wildman–Crippen MR) is 31.3 cm³/mol. The molecule has 1 amide bonds. The fourth-order valence-electron chi connectivity index (χ4n) is 0.577. The maximum absolute atomic E-state index is 10.4. The summed E-state index contributed by atoms with van der Waals surface area (Å²) >= 11 is 5.44. The van der Waals surface area contributed by atoms with Crippen LogP contribution in [0.4, 0.5) is 0 Å². The maximum Gasteiger partial charge on any atom is 0.225 e. The van der Waals surface area contributed by atoms with Gasteiger partial charge in [0.05, 0.1) is 0 Å². The van der Waals surface area contributed by atoms with Crippen molar-refractivity contribution < 1.29 is 4.79 Å². The van der Waals surface area contributed by atoms with Gasteiger partial charge in [-0.1, -0.05) is 11.6 Å². The van der Waals surface area contributed by atoms with E-state index in [2.05, 4.69) is 5.32 Å². The summed E-state index contributed by atoms with van der Waals surface area (Å²) in [5.74, 6) is 0.0116. The van der Waals surface area contributed by atoms with Crippen LogP contribution >= 0.6 is 11.6 Å². The summed E-state index contributed by atoms with van der Waals surface area (Å²) in [6, 6.07) is 0. The molecule has 0 radical (unpaired) electrons. The van der Waals surface area contributed by atoms with Gasteiger partial charge < -0.3 is 5.32 Å². The zero-order valence-electron chi connectivity index (χ0n) is 4.28. The van der Waals surface area contributed by atoms with Crippen molar-refractivity contribution in [2.24, 2.45) is 0 Å². The minimum Gasteiger partial charge on any atom is -0.317 e. The lowest BCUT2D eigenvalue weighted by Crippen LogP contribution is -2.22. The highest BCUT2D eigenvalue weighted by molar-refractivity contribution is 6.30. The van der Waals surface area contributed by atoms with Gasteiger partial charge in [0.15, 0.2) is 0 Å². The average molecular weight is 132 g/mol. The van der Waals surface area contributed by atoms with Crippen LogP contribution < -0.4 is 5.32 Å². The topological polar surface area (TPSA) is 29.1 Å². The first kappa shape index (κ1) is 5.63. The Balaban J connectivity index is 2.57. The number of rotatable bonds is 0. The third-order valence-electron chi connectivity index (χ3n) is 0.954. The highest BCUT2D eigenvalue weighted by Crippen LogP contribution is 2.06. The van der Waals surface area contributed by atoms with Crippen molar-refractivity contribution in [3.8, 4) is 0 Å². The molecule has 1 aliphatic rings. The van der Waals surface area contributed by atoms with Crippen LogP contribution in [0.2, 0.25) is 0 Å². The molecular weight excluding hydrogens is 126 g/mol. The Labute approximate surface area is 52.5 Å². The fraction of sp³-hybridized carbons (Fsp3) is 0.400. The second-order valence-electron chi connectivity index (χ2n) is 1.64. The van der Waals surface area contributed by atoms with Crippen molar-refractivity contribution in [1.82, 2.24) is 5.32 Å². The van der Waals surface area contributed by atoms with Crippen LogP contribution in [0, 0.1) is 0 Å². The molecule has 0 atom stereocenters. The van der Waals surface area contributed by atoms with Crippen LogP contribution in [0.25, 0.3) is 0 Å². The molecule has 0 aromatic heterocycles. The van der Waals surface area contributed by atoms with Crippen molar-refractivity contribution in [2.45, 2.75) is 12.8 Å².